The minimum atomic E-state index is -0.752. The predicted octanol–water partition coefficient (Wildman–Crippen LogP) is 4.88. The lowest BCUT2D eigenvalue weighted by Crippen LogP contribution is -2.31. The molecule has 11 heteroatoms. The highest BCUT2D eigenvalue weighted by Gasteiger charge is 2.24. The highest BCUT2D eigenvalue weighted by molar-refractivity contribution is 6.36. The Labute approximate surface area is 211 Å². The van der Waals surface area contributed by atoms with Crippen molar-refractivity contribution in [2.45, 2.75) is 38.3 Å². The number of aromatic nitrogens is 5. The maximum atomic E-state index is 14.1. The van der Waals surface area contributed by atoms with Gasteiger partial charge >= 0.3 is 5.69 Å². The van der Waals surface area contributed by atoms with Crippen molar-refractivity contribution >= 4 is 34.4 Å². The van der Waals surface area contributed by atoms with Gasteiger partial charge < -0.3 is 9.74 Å². The molecule has 4 heterocycles. The summed E-state index contributed by atoms with van der Waals surface area (Å²) in [5, 5.41) is 4.71. The van der Waals surface area contributed by atoms with E-state index in [0.717, 1.165) is 41.8 Å². The minimum absolute atomic E-state index is 0.127. The normalized spacial score (nSPS) is 16.1. The fourth-order valence-electron chi connectivity index (χ4n) is 4.47. The van der Waals surface area contributed by atoms with Crippen molar-refractivity contribution in [1.29, 1.82) is 0 Å². The molecule has 8 nitrogen and oxygen atoms in total. The Balaban J connectivity index is 1.48. The van der Waals surface area contributed by atoms with E-state index >= 15 is 0 Å². The summed E-state index contributed by atoms with van der Waals surface area (Å²) in [7, 11) is 2.13. The predicted molar refractivity (Wildman–Crippen MR) is 133 cm³/mol. The molecule has 35 heavy (non-hydrogen) atoms. The van der Waals surface area contributed by atoms with Crippen molar-refractivity contribution in [3.05, 3.63) is 68.7 Å². The number of fused-ring (bicyclic) bond motifs is 1. The summed E-state index contributed by atoms with van der Waals surface area (Å²) in [6, 6.07) is 4.79. The second-order valence-electron chi connectivity index (χ2n) is 8.82. The van der Waals surface area contributed by atoms with E-state index in [4.69, 9.17) is 28.0 Å². The third kappa shape index (κ3) is 4.55. The summed E-state index contributed by atoms with van der Waals surface area (Å²) in [5.74, 6) is -0.607. The molecule has 1 N–H and O–H groups in total. The topological polar surface area (TPSA) is 81.0 Å². The fraction of sp³-hybridized carbons (Fsp3) is 0.375. The van der Waals surface area contributed by atoms with Crippen molar-refractivity contribution in [2.24, 2.45) is 0 Å². The average Bonchev–Trinajstić information content (AvgIpc) is 3.46. The molecule has 1 atom stereocenters. The average molecular weight is 519 g/mol. The molecule has 5 rings (SSSR count). The zero-order valence-electron chi connectivity index (χ0n) is 19.3. The molecule has 0 saturated carbocycles. The maximum absolute atomic E-state index is 14.1. The van der Waals surface area contributed by atoms with Crippen LogP contribution in [0.25, 0.3) is 22.3 Å². The molecule has 0 bridgehead atoms. The third-order valence-electron chi connectivity index (χ3n) is 6.50. The molecular weight excluding hydrogens is 494 g/mol. The van der Waals surface area contributed by atoms with E-state index in [-0.39, 0.29) is 10.0 Å². The van der Waals surface area contributed by atoms with Gasteiger partial charge in [-0.25, -0.2) is 14.2 Å². The Kier molecular flexibility index (Phi) is 6.57. The van der Waals surface area contributed by atoms with Crippen molar-refractivity contribution in [2.75, 3.05) is 20.1 Å². The molecular formula is C24H25Cl2FN6O2. The molecule has 1 aliphatic heterocycles. The Hall–Kier alpha value is -2.88. The van der Waals surface area contributed by atoms with E-state index < -0.39 is 17.6 Å². The first kappa shape index (κ1) is 23.8. The highest BCUT2D eigenvalue weighted by Crippen LogP contribution is 2.35. The molecule has 1 aliphatic rings. The van der Waals surface area contributed by atoms with Crippen LogP contribution in [0.1, 0.15) is 43.9 Å². The number of rotatable bonds is 6. The number of pyridine rings is 1. The molecule has 1 fully saturated rings. The zero-order chi connectivity index (χ0) is 24.7. The summed E-state index contributed by atoms with van der Waals surface area (Å²) >= 11 is 12.5. The zero-order valence-corrected chi connectivity index (χ0v) is 20.9. The summed E-state index contributed by atoms with van der Waals surface area (Å²) in [6.07, 6.45) is 7.24. The van der Waals surface area contributed by atoms with Crippen LogP contribution < -0.4 is 10.5 Å². The van der Waals surface area contributed by atoms with Gasteiger partial charge in [-0.15, -0.1) is 4.73 Å². The number of hydrogen-bond acceptors (Lipinski definition) is 5. The third-order valence-corrected chi connectivity index (χ3v) is 7.21. The fourth-order valence-corrected chi connectivity index (χ4v) is 5.09. The number of nitrogens with zero attached hydrogens (tertiary/aromatic N) is 5. The first-order chi connectivity index (χ1) is 16.9. The first-order valence-corrected chi connectivity index (χ1v) is 12.3. The van der Waals surface area contributed by atoms with Gasteiger partial charge in [0.1, 0.15) is 11.3 Å². The molecule has 0 aliphatic carbocycles. The van der Waals surface area contributed by atoms with Crippen molar-refractivity contribution < 1.29 is 9.23 Å². The van der Waals surface area contributed by atoms with Gasteiger partial charge in [0.2, 0.25) is 0 Å². The maximum Gasteiger partial charge on any atom is 0.360 e. The largest absolute Gasteiger partial charge is 0.401 e. The lowest BCUT2D eigenvalue weighted by atomic mass is 10.1. The van der Waals surface area contributed by atoms with Gasteiger partial charge in [0.05, 0.1) is 17.3 Å². The molecule has 0 amide bonds. The molecule has 0 spiro atoms. The number of aromatic amines is 1. The highest BCUT2D eigenvalue weighted by atomic mass is 35.5. The monoisotopic (exact) mass is 518 g/mol. The Morgan fingerprint density at radius 2 is 2.00 bits per heavy atom. The van der Waals surface area contributed by atoms with Gasteiger partial charge in [0.15, 0.2) is 11.8 Å². The summed E-state index contributed by atoms with van der Waals surface area (Å²) < 4.78 is 17.3. The van der Waals surface area contributed by atoms with Crippen molar-refractivity contribution in [3.63, 3.8) is 0 Å². The smallest absolute Gasteiger partial charge is 0.360 e. The summed E-state index contributed by atoms with van der Waals surface area (Å²) in [5.41, 5.74) is 2.29. The molecule has 1 aromatic carbocycles. The number of hydrogen-bond donors (Lipinski definition) is 1. The first-order valence-electron chi connectivity index (χ1n) is 11.5. The van der Waals surface area contributed by atoms with Crippen LogP contribution in [-0.4, -0.2) is 49.5 Å². The van der Waals surface area contributed by atoms with Gasteiger partial charge in [-0.2, -0.15) is 5.10 Å². The van der Waals surface area contributed by atoms with E-state index in [0.29, 0.717) is 29.2 Å². The van der Waals surface area contributed by atoms with Gasteiger partial charge in [0.25, 0.3) is 0 Å². The number of halogens is 3. The van der Waals surface area contributed by atoms with Crippen LogP contribution in [0.3, 0.4) is 0 Å². The van der Waals surface area contributed by atoms with Gasteiger partial charge in [-0.05, 0) is 57.6 Å². The van der Waals surface area contributed by atoms with E-state index in [1.165, 1.54) is 12.1 Å². The van der Waals surface area contributed by atoms with Crippen molar-refractivity contribution in [1.82, 2.24) is 29.4 Å². The van der Waals surface area contributed by atoms with Crippen LogP contribution in [0.5, 0.6) is 0 Å². The minimum Gasteiger partial charge on any atom is -0.401 e. The SMILES string of the molecule is CCC(On1c(=O)[nH]c2ncc(-c3cnn(C4CCN(C)CC4)c3)cc21)c1c(Cl)ccc(F)c1Cl. The lowest BCUT2D eigenvalue weighted by Gasteiger charge is -2.28. The molecule has 4 aromatic rings. The second-order valence-corrected chi connectivity index (χ2v) is 9.60. The molecule has 1 unspecified atom stereocenters. The summed E-state index contributed by atoms with van der Waals surface area (Å²) in [4.78, 5) is 28.2. The number of H-pyrrole nitrogens is 1. The van der Waals surface area contributed by atoms with Crippen LogP contribution in [0.2, 0.25) is 10.0 Å². The molecule has 3 aromatic heterocycles. The second kappa shape index (κ2) is 9.64. The van der Waals surface area contributed by atoms with Crippen LogP contribution in [0.4, 0.5) is 4.39 Å². The quantitative estimate of drug-likeness (QED) is 0.368. The number of imidazole rings is 1. The Bertz CT molecular complexity index is 1420. The van der Waals surface area contributed by atoms with Crippen LogP contribution in [0.15, 0.2) is 41.6 Å². The van der Waals surface area contributed by atoms with Gasteiger partial charge in [0, 0.05) is 34.1 Å². The number of benzene rings is 1. The van der Waals surface area contributed by atoms with Crippen LogP contribution in [-0.2, 0) is 0 Å². The number of piperidine rings is 1. The van der Waals surface area contributed by atoms with E-state index in [9.17, 15) is 9.18 Å². The number of nitrogens with one attached hydrogen (secondary N) is 1. The van der Waals surface area contributed by atoms with E-state index in [2.05, 4.69) is 27.0 Å². The van der Waals surface area contributed by atoms with E-state index in [1.54, 1.807) is 12.4 Å². The lowest BCUT2D eigenvalue weighted by molar-refractivity contribution is 0.0350. The van der Waals surface area contributed by atoms with Crippen molar-refractivity contribution in [3.8, 4) is 11.1 Å². The van der Waals surface area contributed by atoms with Gasteiger partial charge in [-0.1, -0.05) is 30.1 Å². The van der Waals surface area contributed by atoms with E-state index in [1.807, 2.05) is 23.9 Å². The Morgan fingerprint density at radius 3 is 2.74 bits per heavy atom. The standard InChI is InChI=1S/C24H25Cl2FN6O2/c1-3-20(21-17(25)4-5-18(27)22(21)26)35-33-19-10-14(11-28-23(19)30-24(33)34)15-12-29-32(13-15)16-6-8-31(2)9-7-16/h4-5,10-13,16,20H,3,6-9H2,1-2H3,(H,28,30,34). The molecule has 0 radical (unpaired) electrons. The summed E-state index contributed by atoms with van der Waals surface area (Å²) in [6.45, 7) is 3.92. The van der Waals surface area contributed by atoms with Gasteiger partial charge in [-0.3, -0.25) is 9.67 Å². The molecule has 184 valence electrons. The molecule has 1 saturated heterocycles. The van der Waals surface area contributed by atoms with Crippen LogP contribution in [0, 0.1) is 5.82 Å². The number of likely N-dealkylation sites (tertiary alicyclic amines) is 1. The van der Waals surface area contributed by atoms with Crippen LogP contribution >= 0.6 is 23.2 Å². The Morgan fingerprint density at radius 1 is 1.23 bits per heavy atom.